The molecule has 0 spiro atoms. The highest BCUT2D eigenvalue weighted by Gasteiger charge is 2.28. The highest BCUT2D eigenvalue weighted by molar-refractivity contribution is 6.09. The van der Waals surface area contributed by atoms with Gasteiger partial charge in [0.05, 0.1) is 11.8 Å². The lowest BCUT2D eigenvalue weighted by Crippen LogP contribution is -2.25. The predicted octanol–water partition coefficient (Wildman–Crippen LogP) is 5.88. The molecule has 1 saturated heterocycles. The van der Waals surface area contributed by atoms with Crippen LogP contribution >= 0.6 is 0 Å². The molecule has 4 rings (SSSR count). The topological polar surface area (TPSA) is 24.4 Å². The summed E-state index contributed by atoms with van der Waals surface area (Å²) < 4.78 is 0. The van der Waals surface area contributed by atoms with Crippen LogP contribution in [0, 0.1) is 11.8 Å². The molecule has 0 aromatic heterocycles. The number of nitrogens with zero attached hydrogens (tertiary/aromatic N) is 1. The van der Waals surface area contributed by atoms with Gasteiger partial charge in [-0.05, 0) is 62.0 Å². The van der Waals surface area contributed by atoms with Crippen LogP contribution in [-0.4, -0.2) is 18.3 Å². The van der Waals surface area contributed by atoms with E-state index in [0.717, 1.165) is 18.4 Å². The summed E-state index contributed by atoms with van der Waals surface area (Å²) in [6, 6.07) is 11.3. The van der Waals surface area contributed by atoms with Gasteiger partial charge in [-0.25, -0.2) is 0 Å². The molecule has 1 N–H and O–H groups in total. The number of benzene rings is 1. The van der Waals surface area contributed by atoms with E-state index in [1.165, 1.54) is 87.6 Å². The quantitative estimate of drug-likeness (QED) is 0.674. The molecule has 0 bridgehead atoms. The Labute approximate surface area is 159 Å². The normalized spacial score (nSPS) is 29.7. The van der Waals surface area contributed by atoms with Crippen LogP contribution in [0.15, 0.2) is 47.1 Å². The fourth-order valence-electron chi connectivity index (χ4n) is 5.21. The lowest BCUT2D eigenvalue weighted by molar-refractivity contribution is 0.187. The van der Waals surface area contributed by atoms with Crippen molar-refractivity contribution < 1.29 is 0 Å². The van der Waals surface area contributed by atoms with Crippen molar-refractivity contribution >= 4 is 5.71 Å². The second-order valence-electron chi connectivity index (χ2n) is 8.55. The van der Waals surface area contributed by atoms with E-state index in [4.69, 9.17) is 4.99 Å². The molecule has 1 aliphatic heterocycles. The van der Waals surface area contributed by atoms with Gasteiger partial charge in [0.2, 0.25) is 0 Å². The third kappa shape index (κ3) is 4.58. The number of hydrogen-bond acceptors (Lipinski definition) is 2. The molecule has 2 nitrogen and oxygen atoms in total. The molecule has 2 aliphatic carbocycles. The Bertz CT molecular complexity index is 609. The standard InChI is InChI=1S/C24H34N2/c1-3-8-19(9-4-1)20-13-15-22(16-14-20)26-24(18-23-12-7-17-25-23)21-10-5-2-6-11-21/h2,5-6,10-11,18-20,22,25H,1,3-4,7-9,12-17H2/t20-,22-. The first-order valence-electron chi connectivity index (χ1n) is 11.0. The van der Waals surface area contributed by atoms with Crippen molar-refractivity contribution in [1.82, 2.24) is 5.32 Å². The number of hydrogen-bond donors (Lipinski definition) is 1. The van der Waals surface area contributed by atoms with Crippen LogP contribution in [0.25, 0.3) is 0 Å². The molecular weight excluding hydrogens is 316 g/mol. The first-order valence-corrected chi connectivity index (χ1v) is 11.0. The molecule has 0 radical (unpaired) electrons. The summed E-state index contributed by atoms with van der Waals surface area (Å²) in [5.41, 5.74) is 3.82. The Morgan fingerprint density at radius 2 is 1.58 bits per heavy atom. The Kier molecular flexibility index (Phi) is 6.09. The van der Waals surface area contributed by atoms with Gasteiger partial charge in [-0.1, -0.05) is 62.4 Å². The Hall–Kier alpha value is -1.57. The predicted molar refractivity (Wildman–Crippen MR) is 111 cm³/mol. The number of allylic oxidation sites excluding steroid dienone is 2. The second kappa shape index (κ2) is 8.88. The van der Waals surface area contributed by atoms with Crippen LogP contribution < -0.4 is 5.32 Å². The highest BCUT2D eigenvalue weighted by atomic mass is 14.9. The van der Waals surface area contributed by atoms with Crippen LogP contribution in [-0.2, 0) is 0 Å². The first-order chi connectivity index (χ1) is 12.9. The molecule has 26 heavy (non-hydrogen) atoms. The zero-order valence-electron chi connectivity index (χ0n) is 16.1. The van der Waals surface area contributed by atoms with Crippen LogP contribution in [0.1, 0.15) is 76.2 Å². The van der Waals surface area contributed by atoms with Crippen molar-refractivity contribution in [1.29, 1.82) is 0 Å². The van der Waals surface area contributed by atoms with E-state index in [9.17, 15) is 0 Å². The van der Waals surface area contributed by atoms with Gasteiger partial charge in [0.25, 0.3) is 0 Å². The van der Waals surface area contributed by atoms with E-state index in [2.05, 4.69) is 41.7 Å². The summed E-state index contributed by atoms with van der Waals surface area (Å²) in [7, 11) is 0. The maximum Gasteiger partial charge on any atom is 0.0667 e. The van der Waals surface area contributed by atoms with E-state index >= 15 is 0 Å². The highest BCUT2D eigenvalue weighted by Crippen LogP contribution is 2.39. The van der Waals surface area contributed by atoms with Gasteiger partial charge in [-0.15, -0.1) is 0 Å². The molecule has 140 valence electrons. The Morgan fingerprint density at radius 3 is 2.27 bits per heavy atom. The third-order valence-corrected chi connectivity index (χ3v) is 6.73. The van der Waals surface area contributed by atoms with E-state index in [0.29, 0.717) is 6.04 Å². The largest absolute Gasteiger partial charge is 0.388 e. The zero-order chi connectivity index (χ0) is 17.6. The van der Waals surface area contributed by atoms with Gasteiger partial charge >= 0.3 is 0 Å². The fourth-order valence-corrected chi connectivity index (χ4v) is 5.21. The van der Waals surface area contributed by atoms with Crippen molar-refractivity contribution in [2.75, 3.05) is 6.54 Å². The van der Waals surface area contributed by atoms with Crippen molar-refractivity contribution in [2.45, 2.75) is 76.7 Å². The van der Waals surface area contributed by atoms with E-state index < -0.39 is 0 Å². The Morgan fingerprint density at radius 1 is 0.846 bits per heavy atom. The molecule has 0 amide bonds. The molecule has 1 heterocycles. The van der Waals surface area contributed by atoms with Gasteiger partial charge in [0, 0.05) is 12.2 Å². The number of aliphatic imine (C=N–C) groups is 1. The average Bonchev–Trinajstić information content (AvgIpc) is 3.23. The average molecular weight is 351 g/mol. The fraction of sp³-hybridized carbons (Fsp3) is 0.625. The number of nitrogens with one attached hydrogen (secondary N) is 1. The molecule has 0 atom stereocenters. The van der Waals surface area contributed by atoms with Crippen LogP contribution in [0.2, 0.25) is 0 Å². The van der Waals surface area contributed by atoms with Gasteiger partial charge in [0.15, 0.2) is 0 Å². The monoisotopic (exact) mass is 350 g/mol. The molecule has 3 aliphatic rings. The summed E-state index contributed by atoms with van der Waals surface area (Å²) in [5, 5.41) is 3.52. The minimum atomic E-state index is 0.517. The van der Waals surface area contributed by atoms with Crippen LogP contribution in [0.3, 0.4) is 0 Å². The van der Waals surface area contributed by atoms with E-state index in [1.807, 2.05) is 0 Å². The van der Waals surface area contributed by atoms with Gasteiger partial charge in [0.1, 0.15) is 0 Å². The van der Waals surface area contributed by atoms with E-state index in [-0.39, 0.29) is 0 Å². The van der Waals surface area contributed by atoms with Crippen LogP contribution in [0.4, 0.5) is 0 Å². The SMILES string of the molecule is C(=C1CCCN1)C(=N[C@H]1CC[C@H](C2CCCCC2)CC1)c1ccccc1. The minimum Gasteiger partial charge on any atom is -0.388 e. The molecule has 1 aromatic carbocycles. The van der Waals surface area contributed by atoms with E-state index in [1.54, 1.807) is 0 Å². The zero-order valence-corrected chi connectivity index (χ0v) is 16.1. The number of rotatable bonds is 4. The van der Waals surface area contributed by atoms with Crippen LogP contribution in [0.5, 0.6) is 0 Å². The summed E-state index contributed by atoms with van der Waals surface area (Å²) in [4.78, 5) is 5.25. The van der Waals surface area contributed by atoms with Gasteiger partial charge in [-0.2, -0.15) is 0 Å². The summed E-state index contributed by atoms with van der Waals surface area (Å²) in [6.07, 6.45) is 17.5. The molecule has 3 fully saturated rings. The van der Waals surface area contributed by atoms with Gasteiger partial charge < -0.3 is 5.32 Å². The lowest BCUT2D eigenvalue weighted by atomic mass is 9.72. The third-order valence-electron chi connectivity index (χ3n) is 6.73. The van der Waals surface area contributed by atoms with Gasteiger partial charge in [-0.3, -0.25) is 4.99 Å². The second-order valence-corrected chi connectivity index (χ2v) is 8.55. The minimum absolute atomic E-state index is 0.517. The molecule has 1 aromatic rings. The first kappa shape index (κ1) is 17.8. The molecular formula is C24H34N2. The van der Waals surface area contributed by atoms with Crippen molar-refractivity contribution in [3.05, 3.63) is 47.7 Å². The summed E-state index contributed by atoms with van der Waals surface area (Å²) in [6.45, 7) is 1.11. The van der Waals surface area contributed by atoms with Crippen molar-refractivity contribution in [3.8, 4) is 0 Å². The molecule has 2 saturated carbocycles. The maximum atomic E-state index is 5.25. The molecule has 2 heteroatoms. The Balaban J connectivity index is 1.44. The smallest absolute Gasteiger partial charge is 0.0667 e. The lowest BCUT2D eigenvalue weighted by Gasteiger charge is -2.35. The van der Waals surface area contributed by atoms with Crippen molar-refractivity contribution in [2.24, 2.45) is 16.8 Å². The molecule has 0 unspecified atom stereocenters. The van der Waals surface area contributed by atoms with Crippen molar-refractivity contribution in [3.63, 3.8) is 0 Å². The summed E-state index contributed by atoms with van der Waals surface area (Å²) >= 11 is 0. The summed E-state index contributed by atoms with van der Waals surface area (Å²) in [5.74, 6) is 2.00. The maximum absolute atomic E-state index is 5.25.